The number of rotatable bonds is 5. The van der Waals surface area contributed by atoms with E-state index >= 15 is 0 Å². The third-order valence-corrected chi connectivity index (χ3v) is 5.32. The molecule has 2 fully saturated rings. The normalized spacial score (nSPS) is 24.4. The first kappa shape index (κ1) is 16.6. The molecule has 0 aliphatic carbocycles. The summed E-state index contributed by atoms with van der Waals surface area (Å²) in [5.74, 6) is 0.339. The zero-order valence-corrected chi connectivity index (χ0v) is 13.7. The standard InChI is InChI=1S/C16H32N4O/c1-16(2,15(17)18-21)8-13-19-11-6-14(7-12-19)20-9-4-3-5-10-20/h14,21H,3-13H2,1-2H3,(H2,17,18). The van der Waals surface area contributed by atoms with Gasteiger partial charge in [0.2, 0.25) is 0 Å². The molecule has 0 atom stereocenters. The SMILES string of the molecule is CC(C)(CCN1CCC(N2CCCCC2)CC1)C(N)=NO. The molecule has 0 unspecified atom stereocenters. The molecule has 2 aliphatic heterocycles. The molecule has 0 amide bonds. The second-order valence-corrected chi connectivity index (χ2v) is 7.29. The van der Waals surface area contributed by atoms with E-state index in [1.807, 2.05) is 13.8 Å². The van der Waals surface area contributed by atoms with Crippen LogP contribution >= 0.6 is 0 Å². The first-order valence-electron chi connectivity index (χ1n) is 8.47. The quantitative estimate of drug-likeness (QED) is 0.353. The second-order valence-electron chi connectivity index (χ2n) is 7.29. The van der Waals surface area contributed by atoms with Crippen LogP contribution in [0.15, 0.2) is 5.16 Å². The van der Waals surface area contributed by atoms with E-state index in [1.54, 1.807) is 0 Å². The van der Waals surface area contributed by atoms with Crippen LogP contribution in [0, 0.1) is 5.41 Å². The maximum absolute atomic E-state index is 8.83. The van der Waals surface area contributed by atoms with Gasteiger partial charge in [-0.25, -0.2) is 0 Å². The summed E-state index contributed by atoms with van der Waals surface area (Å²) in [6, 6.07) is 0.804. The van der Waals surface area contributed by atoms with E-state index in [0.717, 1.165) is 19.0 Å². The zero-order chi connectivity index (χ0) is 15.3. The molecule has 5 heteroatoms. The van der Waals surface area contributed by atoms with Crippen LogP contribution in [0.3, 0.4) is 0 Å². The highest BCUT2D eigenvalue weighted by Gasteiger charge is 2.28. The summed E-state index contributed by atoms with van der Waals surface area (Å²) in [5.41, 5.74) is 5.54. The molecule has 3 N–H and O–H groups in total. The molecular weight excluding hydrogens is 264 g/mol. The van der Waals surface area contributed by atoms with Gasteiger partial charge >= 0.3 is 0 Å². The molecule has 122 valence electrons. The number of amidine groups is 1. The van der Waals surface area contributed by atoms with Crippen LogP contribution in [0.2, 0.25) is 0 Å². The molecule has 0 aromatic rings. The van der Waals surface area contributed by atoms with Crippen LogP contribution in [-0.4, -0.2) is 59.6 Å². The lowest BCUT2D eigenvalue weighted by Crippen LogP contribution is -2.47. The summed E-state index contributed by atoms with van der Waals surface area (Å²) in [5, 5.41) is 12.0. The van der Waals surface area contributed by atoms with E-state index in [0.29, 0.717) is 5.84 Å². The summed E-state index contributed by atoms with van der Waals surface area (Å²) >= 11 is 0. The highest BCUT2D eigenvalue weighted by Crippen LogP contribution is 2.24. The van der Waals surface area contributed by atoms with Crippen molar-refractivity contribution in [2.75, 3.05) is 32.7 Å². The predicted octanol–water partition coefficient (Wildman–Crippen LogP) is 2.10. The van der Waals surface area contributed by atoms with E-state index in [4.69, 9.17) is 10.9 Å². The maximum Gasteiger partial charge on any atom is 0.144 e. The van der Waals surface area contributed by atoms with Gasteiger partial charge in [-0.2, -0.15) is 0 Å². The summed E-state index contributed by atoms with van der Waals surface area (Å²) in [7, 11) is 0. The van der Waals surface area contributed by atoms with Gasteiger partial charge in [0.1, 0.15) is 5.84 Å². The molecule has 0 saturated carbocycles. The third kappa shape index (κ3) is 4.58. The monoisotopic (exact) mass is 296 g/mol. The smallest absolute Gasteiger partial charge is 0.144 e. The number of nitrogens with zero attached hydrogens (tertiary/aromatic N) is 3. The Morgan fingerprint density at radius 1 is 1.14 bits per heavy atom. The highest BCUT2D eigenvalue weighted by molar-refractivity contribution is 5.85. The molecular formula is C16H32N4O. The maximum atomic E-state index is 8.83. The first-order chi connectivity index (χ1) is 10.0. The Morgan fingerprint density at radius 2 is 1.76 bits per heavy atom. The lowest BCUT2D eigenvalue weighted by Gasteiger charge is -2.40. The minimum Gasteiger partial charge on any atom is -0.409 e. The number of hydrogen-bond acceptors (Lipinski definition) is 4. The van der Waals surface area contributed by atoms with Crippen LogP contribution in [0.5, 0.6) is 0 Å². The van der Waals surface area contributed by atoms with Crippen molar-refractivity contribution in [1.82, 2.24) is 9.80 Å². The Kier molecular flexibility index (Phi) is 5.88. The Hall–Kier alpha value is -0.810. The molecule has 2 heterocycles. The largest absolute Gasteiger partial charge is 0.409 e. The number of hydrogen-bond donors (Lipinski definition) is 2. The lowest BCUT2D eigenvalue weighted by molar-refractivity contribution is 0.0892. The molecule has 0 aromatic carbocycles. The molecule has 2 aliphatic rings. The van der Waals surface area contributed by atoms with Crippen LogP contribution in [-0.2, 0) is 0 Å². The van der Waals surface area contributed by atoms with E-state index in [1.165, 1.54) is 58.3 Å². The fourth-order valence-corrected chi connectivity index (χ4v) is 3.49. The Balaban J connectivity index is 1.71. The molecule has 0 radical (unpaired) electrons. The molecule has 0 spiro atoms. The van der Waals surface area contributed by atoms with Crippen molar-refractivity contribution in [1.29, 1.82) is 0 Å². The molecule has 2 saturated heterocycles. The molecule has 21 heavy (non-hydrogen) atoms. The van der Waals surface area contributed by atoms with E-state index in [9.17, 15) is 0 Å². The number of oxime groups is 1. The summed E-state index contributed by atoms with van der Waals surface area (Å²) in [4.78, 5) is 5.24. The molecule has 2 rings (SSSR count). The third-order valence-electron chi connectivity index (χ3n) is 5.32. The van der Waals surface area contributed by atoms with Gasteiger partial charge in [0.15, 0.2) is 0 Å². The topological polar surface area (TPSA) is 65.1 Å². The van der Waals surface area contributed by atoms with Crippen LogP contribution in [0.4, 0.5) is 0 Å². The average molecular weight is 296 g/mol. The molecule has 0 bridgehead atoms. The summed E-state index contributed by atoms with van der Waals surface area (Å²) < 4.78 is 0. The van der Waals surface area contributed by atoms with E-state index in [2.05, 4.69) is 15.0 Å². The Bertz CT molecular complexity index is 342. The van der Waals surface area contributed by atoms with Crippen molar-refractivity contribution in [2.24, 2.45) is 16.3 Å². The number of nitrogens with two attached hydrogens (primary N) is 1. The molecule has 0 aromatic heterocycles. The summed E-state index contributed by atoms with van der Waals surface area (Å²) in [6.07, 6.45) is 7.71. The van der Waals surface area contributed by atoms with E-state index < -0.39 is 0 Å². The fraction of sp³-hybridized carbons (Fsp3) is 0.938. The second kappa shape index (κ2) is 7.45. The lowest BCUT2D eigenvalue weighted by atomic mass is 9.87. The van der Waals surface area contributed by atoms with Crippen LogP contribution < -0.4 is 5.73 Å². The van der Waals surface area contributed by atoms with Crippen LogP contribution in [0.25, 0.3) is 0 Å². The van der Waals surface area contributed by atoms with Crippen molar-refractivity contribution in [2.45, 2.75) is 58.4 Å². The van der Waals surface area contributed by atoms with Gasteiger partial charge in [-0.1, -0.05) is 25.4 Å². The predicted molar refractivity (Wildman–Crippen MR) is 86.7 cm³/mol. The van der Waals surface area contributed by atoms with Crippen molar-refractivity contribution < 1.29 is 5.21 Å². The van der Waals surface area contributed by atoms with Crippen molar-refractivity contribution in [3.63, 3.8) is 0 Å². The Morgan fingerprint density at radius 3 is 2.33 bits per heavy atom. The van der Waals surface area contributed by atoms with Gasteiger partial charge in [0, 0.05) is 11.5 Å². The van der Waals surface area contributed by atoms with Gasteiger partial charge in [-0.3, -0.25) is 0 Å². The zero-order valence-electron chi connectivity index (χ0n) is 13.7. The fourth-order valence-electron chi connectivity index (χ4n) is 3.49. The summed E-state index contributed by atoms with van der Waals surface area (Å²) in [6.45, 7) is 10.1. The number of likely N-dealkylation sites (tertiary alicyclic amines) is 2. The van der Waals surface area contributed by atoms with Gasteiger partial charge in [0.25, 0.3) is 0 Å². The number of piperidine rings is 2. The Labute approximate surface area is 129 Å². The molecule has 5 nitrogen and oxygen atoms in total. The minimum absolute atomic E-state index is 0.224. The van der Waals surface area contributed by atoms with E-state index in [-0.39, 0.29) is 5.41 Å². The first-order valence-corrected chi connectivity index (χ1v) is 8.47. The van der Waals surface area contributed by atoms with Gasteiger partial charge < -0.3 is 20.7 Å². The highest BCUT2D eigenvalue weighted by atomic mass is 16.4. The van der Waals surface area contributed by atoms with Gasteiger partial charge in [0.05, 0.1) is 0 Å². The van der Waals surface area contributed by atoms with Crippen molar-refractivity contribution >= 4 is 5.84 Å². The van der Waals surface area contributed by atoms with Crippen LogP contribution in [0.1, 0.15) is 52.4 Å². The van der Waals surface area contributed by atoms with Crippen molar-refractivity contribution in [3.8, 4) is 0 Å². The van der Waals surface area contributed by atoms with Gasteiger partial charge in [-0.15, -0.1) is 0 Å². The average Bonchev–Trinajstić information content (AvgIpc) is 2.53. The van der Waals surface area contributed by atoms with Crippen molar-refractivity contribution in [3.05, 3.63) is 0 Å². The van der Waals surface area contributed by atoms with Gasteiger partial charge in [-0.05, 0) is 64.8 Å². The minimum atomic E-state index is -0.224.